The highest BCUT2D eigenvalue weighted by Crippen LogP contribution is 2.41. The molecule has 3 nitrogen and oxygen atoms in total. The first-order valence-electron chi connectivity index (χ1n) is 11.6. The number of carbonyl (C=O) groups is 2. The van der Waals surface area contributed by atoms with Crippen LogP contribution >= 0.6 is 34.8 Å². The quantitative estimate of drug-likeness (QED) is 0.166. The molecule has 1 N–H and O–H groups in total. The van der Waals surface area contributed by atoms with Crippen molar-refractivity contribution >= 4 is 52.6 Å². The Hall–Kier alpha value is -2.44. The van der Waals surface area contributed by atoms with Crippen molar-refractivity contribution in [2.45, 2.75) is 44.7 Å². The van der Waals surface area contributed by atoms with E-state index in [9.17, 15) is 49.1 Å². The Labute approximate surface area is 243 Å². The Morgan fingerprint density at radius 1 is 0.902 bits per heavy atom. The zero-order valence-corrected chi connectivity index (χ0v) is 23.3. The van der Waals surface area contributed by atoms with Crippen LogP contribution in [0.1, 0.15) is 53.2 Å². The van der Waals surface area contributed by atoms with Gasteiger partial charge in [-0.2, -0.15) is 39.5 Å². The minimum Gasteiger partial charge on any atom is -0.347 e. The monoisotopic (exact) mass is 655 g/mol. The fraction of sp³-hybridized carbons (Fsp3) is 0.385. The van der Waals surface area contributed by atoms with Crippen LogP contribution in [0.4, 0.5) is 39.5 Å². The van der Waals surface area contributed by atoms with Gasteiger partial charge in [-0.25, -0.2) is 0 Å². The van der Waals surface area contributed by atoms with Gasteiger partial charge in [0.05, 0.1) is 26.5 Å². The summed E-state index contributed by atoms with van der Waals surface area (Å²) in [5, 5.41) is 0.884. The van der Waals surface area contributed by atoms with Gasteiger partial charge in [-0.15, -0.1) is 0 Å². The molecule has 0 radical (unpaired) electrons. The first kappa shape index (κ1) is 34.8. The average molecular weight is 657 g/mol. The first-order valence-corrected chi connectivity index (χ1v) is 12.7. The fourth-order valence-electron chi connectivity index (χ4n) is 3.77. The normalized spacial score (nSPS) is 14.4. The molecule has 0 heterocycles. The van der Waals surface area contributed by atoms with Crippen molar-refractivity contribution in [1.82, 2.24) is 5.32 Å². The zero-order chi connectivity index (χ0) is 31.5. The van der Waals surface area contributed by atoms with Crippen molar-refractivity contribution in [2.75, 3.05) is 6.54 Å². The average Bonchev–Trinajstić information content (AvgIpc) is 2.82. The number of alkyl halides is 9. The van der Waals surface area contributed by atoms with Crippen molar-refractivity contribution in [3.63, 3.8) is 0 Å². The van der Waals surface area contributed by atoms with Gasteiger partial charge in [-0.3, -0.25) is 9.59 Å². The van der Waals surface area contributed by atoms with E-state index in [1.54, 1.807) is 5.32 Å². The molecule has 1 amide bonds. The lowest BCUT2D eigenvalue weighted by Crippen LogP contribution is -2.40. The van der Waals surface area contributed by atoms with E-state index in [4.69, 9.17) is 34.8 Å². The third-order valence-electron chi connectivity index (χ3n) is 5.86. The van der Waals surface area contributed by atoms with Crippen molar-refractivity contribution < 1.29 is 49.1 Å². The molecule has 2 aromatic carbocycles. The predicted octanol–water partition coefficient (Wildman–Crippen LogP) is 9.55. The second-order valence-electron chi connectivity index (χ2n) is 9.29. The molecule has 1 unspecified atom stereocenters. The van der Waals surface area contributed by atoms with Gasteiger partial charge in [0.15, 0.2) is 5.78 Å². The van der Waals surface area contributed by atoms with E-state index >= 15 is 0 Å². The smallest absolute Gasteiger partial charge is 0.347 e. The van der Waals surface area contributed by atoms with Crippen LogP contribution in [-0.4, -0.2) is 30.6 Å². The van der Waals surface area contributed by atoms with E-state index in [0.29, 0.717) is 12.1 Å². The van der Waals surface area contributed by atoms with E-state index in [1.807, 2.05) is 0 Å². The number of amides is 1. The number of hydrogen-bond acceptors (Lipinski definition) is 2. The van der Waals surface area contributed by atoms with Crippen LogP contribution in [0.5, 0.6) is 0 Å². The van der Waals surface area contributed by atoms with Crippen molar-refractivity contribution in [3.05, 3.63) is 73.7 Å². The molecule has 2 atom stereocenters. The molecule has 2 aromatic rings. The summed E-state index contributed by atoms with van der Waals surface area (Å²) in [6.45, 7) is 1.12. The summed E-state index contributed by atoms with van der Waals surface area (Å²) in [7, 11) is 0. The van der Waals surface area contributed by atoms with E-state index in [1.165, 1.54) is 13.8 Å². The Kier molecular flexibility index (Phi) is 11.2. The third-order valence-corrected chi connectivity index (χ3v) is 7.06. The van der Waals surface area contributed by atoms with Gasteiger partial charge in [-0.05, 0) is 35.2 Å². The second-order valence-corrected chi connectivity index (χ2v) is 10.5. The number of hydrogen-bond donors (Lipinski definition) is 1. The molecule has 0 aliphatic rings. The number of halogens is 12. The van der Waals surface area contributed by atoms with Gasteiger partial charge in [0.25, 0.3) is 0 Å². The van der Waals surface area contributed by atoms with Gasteiger partial charge >= 0.3 is 18.5 Å². The number of nitrogens with one attached hydrogen (secondary N) is 1. The molecular weight excluding hydrogens is 636 g/mol. The summed E-state index contributed by atoms with van der Waals surface area (Å²) in [4.78, 5) is 25.0. The molecule has 0 bridgehead atoms. The SMILES string of the molecule is CC(C)[C@@H](CC(=O)c1ccc(/C=C/C(c2cc(Cl)c(Cl)c(Cl)c2)C(F)(F)F)cc1C(F)(F)F)C(=O)NCC(F)(F)F. The highest BCUT2D eigenvalue weighted by molar-refractivity contribution is 6.48. The number of Topliss-reactive ketones (excluding diaryl/α,β-unsaturated/α-hetero) is 1. The third kappa shape index (κ3) is 9.82. The van der Waals surface area contributed by atoms with Crippen molar-refractivity contribution in [1.29, 1.82) is 0 Å². The lowest BCUT2D eigenvalue weighted by Gasteiger charge is -2.21. The van der Waals surface area contributed by atoms with E-state index in [2.05, 4.69) is 0 Å². The van der Waals surface area contributed by atoms with Crippen molar-refractivity contribution in [2.24, 2.45) is 11.8 Å². The maximum atomic E-state index is 13.9. The topological polar surface area (TPSA) is 46.2 Å². The summed E-state index contributed by atoms with van der Waals surface area (Å²) < 4.78 is 120. The Bertz CT molecular complexity index is 1280. The van der Waals surface area contributed by atoms with Gasteiger partial charge in [-0.1, -0.05) is 72.9 Å². The number of allylic oxidation sites excluding steroid dienone is 1. The van der Waals surface area contributed by atoms with Gasteiger partial charge in [0.2, 0.25) is 5.91 Å². The molecular formula is C26H21Cl3F9NO2. The van der Waals surface area contributed by atoms with Crippen LogP contribution in [0, 0.1) is 11.8 Å². The number of ketones is 1. The number of benzene rings is 2. The van der Waals surface area contributed by atoms with Crippen LogP contribution in [0.15, 0.2) is 36.4 Å². The summed E-state index contributed by atoms with van der Waals surface area (Å²) in [6, 6.07) is 3.97. The highest BCUT2D eigenvalue weighted by Gasteiger charge is 2.40. The molecule has 226 valence electrons. The molecule has 0 aliphatic heterocycles. The minimum absolute atomic E-state index is 0.186. The van der Waals surface area contributed by atoms with Crippen LogP contribution in [0.3, 0.4) is 0 Å². The molecule has 0 saturated carbocycles. The van der Waals surface area contributed by atoms with Gasteiger partial charge < -0.3 is 5.32 Å². The number of carbonyl (C=O) groups excluding carboxylic acids is 2. The summed E-state index contributed by atoms with van der Waals surface area (Å²) >= 11 is 17.4. The van der Waals surface area contributed by atoms with Crippen LogP contribution in [0.25, 0.3) is 6.08 Å². The lowest BCUT2D eigenvalue weighted by atomic mass is 9.86. The fourth-order valence-corrected chi connectivity index (χ4v) is 4.39. The maximum Gasteiger partial charge on any atom is 0.417 e. The molecule has 41 heavy (non-hydrogen) atoms. The number of rotatable bonds is 9. The van der Waals surface area contributed by atoms with Gasteiger partial charge in [0, 0.05) is 17.9 Å². The van der Waals surface area contributed by atoms with Gasteiger partial charge in [0.1, 0.15) is 6.54 Å². The van der Waals surface area contributed by atoms with E-state index < -0.39 is 77.6 Å². The van der Waals surface area contributed by atoms with E-state index in [0.717, 1.165) is 30.3 Å². The molecule has 2 rings (SSSR count). The van der Waals surface area contributed by atoms with E-state index in [-0.39, 0.29) is 20.6 Å². The molecule has 0 fully saturated rings. The summed E-state index contributed by atoms with van der Waals surface area (Å²) in [6.07, 6.45) is -14.3. The molecule has 0 aliphatic carbocycles. The Balaban J connectivity index is 2.43. The van der Waals surface area contributed by atoms with Crippen LogP contribution in [-0.2, 0) is 11.0 Å². The largest absolute Gasteiger partial charge is 0.417 e. The Morgan fingerprint density at radius 2 is 1.46 bits per heavy atom. The van der Waals surface area contributed by atoms with Crippen LogP contribution < -0.4 is 5.32 Å². The first-order chi connectivity index (χ1) is 18.6. The second kappa shape index (κ2) is 13.2. The standard InChI is InChI=1S/C26H21Cl3F9NO2/c1-12(2)16(23(41)39-11-24(30,31)32)10-21(40)15-5-3-13(7-18(15)26(36,37)38)4-6-17(25(33,34)35)14-8-19(27)22(29)20(28)9-14/h3-9,12,16-17H,10-11H2,1-2H3,(H,39,41)/b6-4+/t16-,17?/m1/s1. The zero-order valence-electron chi connectivity index (χ0n) is 21.0. The molecule has 15 heteroatoms. The van der Waals surface area contributed by atoms with Crippen molar-refractivity contribution in [3.8, 4) is 0 Å². The maximum absolute atomic E-state index is 13.9. The molecule has 0 saturated heterocycles. The lowest BCUT2D eigenvalue weighted by molar-refractivity contribution is -0.141. The van der Waals surface area contributed by atoms with Crippen LogP contribution in [0.2, 0.25) is 15.1 Å². The summed E-state index contributed by atoms with van der Waals surface area (Å²) in [5.74, 6) is -6.78. The minimum atomic E-state index is -5.14. The highest BCUT2D eigenvalue weighted by atomic mass is 35.5. The molecule has 0 spiro atoms. The Morgan fingerprint density at radius 3 is 1.93 bits per heavy atom. The molecule has 0 aromatic heterocycles. The summed E-state index contributed by atoms with van der Waals surface area (Å²) in [5.41, 5.74) is -3.17. The predicted molar refractivity (Wildman–Crippen MR) is 137 cm³/mol.